The monoisotopic (exact) mass is 185 g/mol. The van der Waals surface area contributed by atoms with Crippen LogP contribution in [0.2, 0.25) is 0 Å². The summed E-state index contributed by atoms with van der Waals surface area (Å²) in [6, 6.07) is 0. The lowest BCUT2D eigenvalue weighted by Crippen LogP contribution is -2.30. The summed E-state index contributed by atoms with van der Waals surface area (Å²) < 4.78 is 10.3. The van der Waals surface area contributed by atoms with Crippen molar-refractivity contribution in [2.24, 2.45) is 10.4 Å². The molecule has 3 nitrogen and oxygen atoms in total. The van der Waals surface area contributed by atoms with Gasteiger partial charge in [-0.2, -0.15) is 0 Å². The average molecular weight is 185 g/mol. The van der Waals surface area contributed by atoms with Crippen molar-refractivity contribution in [2.75, 3.05) is 14.2 Å². The first-order chi connectivity index (χ1) is 6.08. The van der Waals surface area contributed by atoms with Crippen LogP contribution in [0.5, 0.6) is 0 Å². The molecule has 0 atom stereocenters. The first kappa shape index (κ1) is 12.3. The van der Waals surface area contributed by atoms with Crippen molar-refractivity contribution in [3.63, 3.8) is 0 Å². The second-order valence-electron chi connectivity index (χ2n) is 3.35. The molecule has 0 aliphatic rings. The SMILES string of the molecule is CC=N/C=C\C(C)(C)C(OC)OC. The largest absolute Gasteiger partial charge is 0.355 e. The van der Waals surface area contributed by atoms with Crippen molar-refractivity contribution in [2.45, 2.75) is 27.1 Å². The third-order valence-electron chi connectivity index (χ3n) is 1.77. The Balaban J connectivity index is 4.34. The fourth-order valence-electron chi connectivity index (χ4n) is 1.10. The van der Waals surface area contributed by atoms with Crippen LogP contribution >= 0.6 is 0 Å². The number of methoxy groups -OCH3 is 2. The summed E-state index contributed by atoms with van der Waals surface area (Å²) in [7, 11) is 3.26. The van der Waals surface area contributed by atoms with E-state index in [2.05, 4.69) is 4.99 Å². The molecule has 0 aromatic carbocycles. The smallest absolute Gasteiger partial charge is 0.165 e. The molecule has 0 bridgehead atoms. The third kappa shape index (κ3) is 4.20. The van der Waals surface area contributed by atoms with E-state index in [4.69, 9.17) is 9.47 Å². The van der Waals surface area contributed by atoms with Gasteiger partial charge in [0.1, 0.15) is 0 Å². The van der Waals surface area contributed by atoms with Gasteiger partial charge in [0.25, 0.3) is 0 Å². The maximum Gasteiger partial charge on any atom is 0.165 e. The van der Waals surface area contributed by atoms with E-state index in [1.165, 1.54) is 0 Å². The summed E-state index contributed by atoms with van der Waals surface area (Å²) in [6.07, 6.45) is 5.22. The van der Waals surface area contributed by atoms with Gasteiger partial charge in [0.15, 0.2) is 6.29 Å². The van der Waals surface area contributed by atoms with E-state index in [-0.39, 0.29) is 11.7 Å². The van der Waals surface area contributed by atoms with Gasteiger partial charge in [-0.1, -0.05) is 19.9 Å². The fourth-order valence-corrected chi connectivity index (χ4v) is 1.10. The van der Waals surface area contributed by atoms with Gasteiger partial charge in [-0.25, -0.2) is 0 Å². The molecule has 0 aliphatic heterocycles. The molecule has 0 aromatic rings. The Bertz CT molecular complexity index is 181. The van der Waals surface area contributed by atoms with E-state index in [1.807, 2.05) is 26.8 Å². The van der Waals surface area contributed by atoms with Gasteiger partial charge in [0.2, 0.25) is 0 Å². The Hall–Kier alpha value is -0.670. The molecule has 0 spiro atoms. The van der Waals surface area contributed by atoms with E-state index in [1.54, 1.807) is 26.6 Å². The number of nitrogens with zero attached hydrogens (tertiary/aromatic N) is 1. The molecule has 0 heterocycles. The zero-order valence-corrected chi connectivity index (χ0v) is 9.07. The maximum absolute atomic E-state index is 5.17. The van der Waals surface area contributed by atoms with E-state index in [9.17, 15) is 0 Å². The van der Waals surface area contributed by atoms with Crippen LogP contribution in [0.4, 0.5) is 0 Å². The van der Waals surface area contributed by atoms with Crippen LogP contribution in [0.3, 0.4) is 0 Å². The highest BCUT2D eigenvalue weighted by atomic mass is 16.7. The highest BCUT2D eigenvalue weighted by Crippen LogP contribution is 2.25. The standard InChI is InChI=1S/C10H19NO2/c1-6-11-8-7-10(2,3)9(12-4)13-5/h6-9H,1-5H3/b8-7-,11-6?. The molecule has 0 fully saturated rings. The molecule has 13 heavy (non-hydrogen) atoms. The van der Waals surface area contributed by atoms with Crippen LogP contribution in [0, 0.1) is 5.41 Å². The molecule has 76 valence electrons. The topological polar surface area (TPSA) is 30.8 Å². The summed E-state index contributed by atoms with van der Waals surface area (Å²) in [5, 5.41) is 0. The van der Waals surface area contributed by atoms with Crippen molar-refractivity contribution < 1.29 is 9.47 Å². The lowest BCUT2D eigenvalue weighted by atomic mass is 9.92. The van der Waals surface area contributed by atoms with Crippen molar-refractivity contribution in [1.29, 1.82) is 0 Å². The van der Waals surface area contributed by atoms with Crippen LogP contribution in [-0.4, -0.2) is 26.7 Å². The first-order valence-electron chi connectivity index (χ1n) is 4.29. The predicted molar refractivity (Wildman–Crippen MR) is 54.9 cm³/mol. The van der Waals surface area contributed by atoms with Gasteiger partial charge in [-0.05, 0) is 6.92 Å². The Kier molecular flexibility index (Phi) is 5.58. The van der Waals surface area contributed by atoms with E-state index in [0.29, 0.717) is 0 Å². The molecule has 0 amide bonds. The molecule has 0 radical (unpaired) electrons. The Morgan fingerprint density at radius 3 is 2.15 bits per heavy atom. The number of aliphatic imine (C=N–C) groups is 1. The lowest BCUT2D eigenvalue weighted by Gasteiger charge is -2.28. The van der Waals surface area contributed by atoms with Gasteiger partial charge >= 0.3 is 0 Å². The minimum absolute atomic E-state index is 0.171. The van der Waals surface area contributed by atoms with Crippen molar-refractivity contribution >= 4 is 6.21 Å². The third-order valence-corrected chi connectivity index (χ3v) is 1.77. The highest BCUT2D eigenvalue weighted by Gasteiger charge is 2.26. The molecule has 0 saturated carbocycles. The molecular weight excluding hydrogens is 166 g/mol. The summed E-state index contributed by atoms with van der Waals surface area (Å²) in [4.78, 5) is 3.99. The Morgan fingerprint density at radius 2 is 1.77 bits per heavy atom. The second kappa shape index (κ2) is 5.89. The zero-order valence-electron chi connectivity index (χ0n) is 9.07. The summed E-state index contributed by atoms with van der Waals surface area (Å²) in [6.45, 7) is 5.94. The van der Waals surface area contributed by atoms with Gasteiger partial charge in [-0.3, -0.25) is 4.99 Å². The zero-order chi connectivity index (χ0) is 10.3. The second-order valence-corrected chi connectivity index (χ2v) is 3.35. The average Bonchev–Trinajstić information content (AvgIpc) is 2.06. The lowest BCUT2D eigenvalue weighted by molar-refractivity contribution is -0.152. The summed E-state index contributed by atoms with van der Waals surface area (Å²) in [5.74, 6) is 0. The summed E-state index contributed by atoms with van der Waals surface area (Å²) in [5.41, 5.74) is -0.171. The van der Waals surface area contributed by atoms with Gasteiger partial charge < -0.3 is 9.47 Å². The Labute approximate surface area is 80.5 Å². The van der Waals surface area contributed by atoms with Crippen LogP contribution in [0.25, 0.3) is 0 Å². The Morgan fingerprint density at radius 1 is 1.23 bits per heavy atom. The van der Waals surface area contributed by atoms with E-state index >= 15 is 0 Å². The normalized spacial score (nSPS) is 13.7. The van der Waals surface area contributed by atoms with Gasteiger partial charge in [-0.15, -0.1) is 0 Å². The maximum atomic E-state index is 5.17. The van der Waals surface area contributed by atoms with Crippen LogP contribution in [0.1, 0.15) is 20.8 Å². The molecular formula is C10H19NO2. The molecule has 0 aliphatic carbocycles. The number of hydrogen-bond acceptors (Lipinski definition) is 3. The van der Waals surface area contributed by atoms with Crippen molar-refractivity contribution in [3.05, 3.63) is 12.3 Å². The van der Waals surface area contributed by atoms with E-state index in [0.717, 1.165) is 0 Å². The highest BCUT2D eigenvalue weighted by molar-refractivity contribution is 5.54. The van der Waals surface area contributed by atoms with Crippen LogP contribution in [0.15, 0.2) is 17.3 Å². The van der Waals surface area contributed by atoms with Gasteiger partial charge in [0, 0.05) is 32.0 Å². The molecule has 0 N–H and O–H groups in total. The first-order valence-corrected chi connectivity index (χ1v) is 4.29. The molecule has 3 heteroatoms. The number of hydrogen-bond donors (Lipinski definition) is 0. The van der Waals surface area contributed by atoms with Crippen LogP contribution in [-0.2, 0) is 9.47 Å². The fraction of sp³-hybridized carbons (Fsp3) is 0.700. The van der Waals surface area contributed by atoms with Crippen molar-refractivity contribution in [3.8, 4) is 0 Å². The molecule has 0 saturated heterocycles. The number of ether oxygens (including phenoxy) is 2. The van der Waals surface area contributed by atoms with Crippen LogP contribution < -0.4 is 0 Å². The van der Waals surface area contributed by atoms with Gasteiger partial charge in [0.05, 0.1) is 0 Å². The van der Waals surface area contributed by atoms with E-state index < -0.39 is 0 Å². The van der Waals surface area contributed by atoms with Crippen molar-refractivity contribution in [1.82, 2.24) is 0 Å². The minimum Gasteiger partial charge on any atom is -0.355 e. The quantitative estimate of drug-likeness (QED) is 0.486. The summed E-state index contributed by atoms with van der Waals surface area (Å²) >= 11 is 0. The number of rotatable bonds is 5. The molecule has 0 rings (SSSR count). The molecule has 0 unspecified atom stereocenters. The molecule has 0 aromatic heterocycles. The predicted octanol–water partition coefficient (Wildman–Crippen LogP) is 2.24. The minimum atomic E-state index is -0.240.